The third-order valence-corrected chi connectivity index (χ3v) is 9.29. The molecule has 3 rings (SSSR count). The van der Waals surface area contributed by atoms with E-state index in [0.717, 1.165) is 74.2 Å². The summed E-state index contributed by atoms with van der Waals surface area (Å²) >= 11 is 2.40. The summed E-state index contributed by atoms with van der Waals surface area (Å²) in [6.45, 7) is 15.3. The lowest BCUT2D eigenvalue weighted by Crippen LogP contribution is -2.50. The molecule has 8 nitrogen and oxygen atoms in total. The van der Waals surface area contributed by atoms with Crippen molar-refractivity contribution in [2.45, 2.75) is 139 Å². The zero-order valence-corrected chi connectivity index (χ0v) is 25.9. The van der Waals surface area contributed by atoms with Crippen LogP contribution >= 0.6 is 22.6 Å². The molecule has 9 heteroatoms. The first-order valence-corrected chi connectivity index (χ1v) is 16.1. The van der Waals surface area contributed by atoms with E-state index >= 15 is 0 Å². The normalized spacial score (nSPS) is 32.3. The van der Waals surface area contributed by atoms with Crippen LogP contribution < -0.4 is 0 Å². The van der Waals surface area contributed by atoms with Gasteiger partial charge in [0.2, 0.25) is 6.04 Å². The SMILES string of the molecule is C=C1C[C@H](CCCO)O[C@H]1CCC(O)C[C@@H](C)C#N.[C-]#[N+][C@H](C)C[C@H]1CC[C@@H]2O[C@@H](CCCO)C[C@]2(CI)O1. The van der Waals surface area contributed by atoms with E-state index in [0.29, 0.717) is 12.8 Å². The van der Waals surface area contributed by atoms with E-state index in [-0.39, 0.29) is 61.3 Å². The fraction of sp³-hybridized carbons (Fsp3) is 0.867. The minimum atomic E-state index is -0.442. The third-order valence-electron chi connectivity index (χ3n) is 8.00. The summed E-state index contributed by atoms with van der Waals surface area (Å²) in [5.41, 5.74) is 0.925. The smallest absolute Gasteiger partial charge is 0.223 e. The highest BCUT2D eigenvalue weighted by atomic mass is 127. The van der Waals surface area contributed by atoms with Crippen molar-refractivity contribution in [2.24, 2.45) is 5.92 Å². The molecule has 0 aromatic carbocycles. The quantitative estimate of drug-likeness (QED) is 0.102. The van der Waals surface area contributed by atoms with Crippen molar-refractivity contribution in [2.75, 3.05) is 17.6 Å². The molecule has 1 unspecified atom stereocenters. The molecular weight excluding hydrogens is 611 g/mol. The molecule has 0 amide bonds. The van der Waals surface area contributed by atoms with Gasteiger partial charge in [-0.15, -0.1) is 0 Å². The summed E-state index contributed by atoms with van der Waals surface area (Å²) in [6, 6.07) is 2.17. The molecular formula is C30H49IN2O6. The maximum absolute atomic E-state index is 9.84. The fourth-order valence-corrected chi connectivity index (χ4v) is 6.83. The van der Waals surface area contributed by atoms with Gasteiger partial charge in [-0.05, 0) is 76.7 Å². The summed E-state index contributed by atoms with van der Waals surface area (Å²) in [4.78, 5) is 3.58. The van der Waals surface area contributed by atoms with Gasteiger partial charge in [-0.1, -0.05) is 29.2 Å². The summed E-state index contributed by atoms with van der Waals surface area (Å²) in [5, 5.41) is 36.3. The fourth-order valence-electron chi connectivity index (χ4n) is 5.85. The van der Waals surface area contributed by atoms with E-state index in [4.69, 9.17) is 36.3 Å². The highest BCUT2D eigenvalue weighted by Gasteiger charge is 2.52. The maximum Gasteiger partial charge on any atom is 0.223 e. The molecule has 0 radical (unpaired) electrons. The van der Waals surface area contributed by atoms with Gasteiger partial charge in [0.1, 0.15) is 5.60 Å². The molecule has 3 N–H and O–H groups in total. The van der Waals surface area contributed by atoms with Gasteiger partial charge in [-0.2, -0.15) is 5.26 Å². The standard InChI is InChI=1S/C15H24INO3.C15H25NO3/c1-11(17-2)8-12-5-6-14-15(10-16,20-12)9-13(19-14)4-3-7-18;1-11(10-16)8-13(18)5-6-15-12(2)9-14(19-15)4-3-7-17/h11-14,18H,3-10H2,1H3;11,13-15,17-18H,2-9H2,1H3/t11-,12-,13+,14+,15-;11-,13?,14+,15+/m11/s1. The van der Waals surface area contributed by atoms with Crippen LogP contribution in [0.3, 0.4) is 0 Å². The zero-order chi connectivity index (χ0) is 28.8. The zero-order valence-electron chi connectivity index (χ0n) is 23.8. The maximum atomic E-state index is 9.84. The number of halogens is 1. The Kier molecular flexibility index (Phi) is 15.8. The van der Waals surface area contributed by atoms with Gasteiger partial charge < -0.3 is 34.4 Å². The van der Waals surface area contributed by atoms with Crippen LogP contribution in [-0.2, 0) is 14.2 Å². The van der Waals surface area contributed by atoms with Crippen molar-refractivity contribution < 1.29 is 29.5 Å². The summed E-state index contributed by atoms with van der Waals surface area (Å²) in [7, 11) is 0. The second-order valence-corrected chi connectivity index (χ2v) is 12.3. The first-order chi connectivity index (χ1) is 18.7. The van der Waals surface area contributed by atoms with Crippen molar-refractivity contribution in [3.63, 3.8) is 0 Å². The van der Waals surface area contributed by atoms with Crippen molar-refractivity contribution in [1.82, 2.24) is 0 Å². The Morgan fingerprint density at radius 2 is 1.82 bits per heavy atom. The summed E-state index contributed by atoms with van der Waals surface area (Å²) in [6.07, 6.45) is 10.3. The average Bonchev–Trinajstić information content (AvgIpc) is 3.48. The number of nitrogens with zero attached hydrogens (tertiary/aromatic N) is 2. The first-order valence-electron chi connectivity index (χ1n) is 14.6. The third kappa shape index (κ3) is 11.2. The molecule has 0 bridgehead atoms. The van der Waals surface area contributed by atoms with Crippen LogP contribution in [-0.4, -0.2) is 81.2 Å². The van der Waals surface area contributed by atoms with E-state index in [1.165, 1.54) is 0 Å². The van der Waals surface area contributed by atoms with Gasteiger partial charge in [-0.3, -0.25) is 0 Å². The number of ether oxygens (including phenoxy) is 3. The van der Waals surface area contributed by atoms with Gasteiger partial charge >= 0.3 is 0 Å². The van der Waals surface area contributed by atoms with E-state index < -0.39 is 6.10 Å². The van der Waals surface area contributed by atoms with Gasteiger partial charge in [0.15, 0.2) is 0 Å². The predicted octanol–water partition coefficient (Wildman–Crippen LogP) is 5.13. The minimum Gasteiger partial charge on any atom is -0.396 e. The lowest BCUT2D eigenvalue weighted by atomic mass is 9.86. The topological polar surface area (TPSA) is 117 Å². The molecule has 3 aliphatic rings. The number of alkyl halides is 1. The Hall–Kier alpha value is -0.790. The second-order valence-electron chi connectivity index (χ2n) is 11.5. The van der Waals surface area contributed by atoms with Gasteiger partial charge in [0, 0.05) is 43.3 Å². The Balaban J connectivity index is 0.000000274. The van der Waals surface area contributed by atoms with Crippen molar-refractivity contribution >= 4 is 22.6 Å². The molecule has 0 aromatic heterocycles. The van der Waals surface area contributed by atoms with Crippen LogP contribution in [0.2, 0.25) is 0 Å². The number of hydrogen-bond acceptors (Lipinski definition) is 7. The van der Waals surface area contributed by atoms with Crippen LogP contribution in [0.1, 0.15) is 90.9 Å². The average molecular weight is 661 g/mol. The van der Waals surface area contributed by atoms with E-state index in [9.17, 15) is 5.11 Å². The number of hydrogen-bond donors (Lipinski definition) is 3. The van der Waals surface area contributed by atoms with Crippen LogP contribution in [0.25, 0.3) is 4.85 Å². The van der Waals surface area contributed by atoms with Crippen LogP contribution in [0, 0.1) is 23.8 Å². The number of rotatable bonds is 14. The molecule has 222 valence electrons. The van der Waals surface area contributed by atoms with E-state index in [2.05, 4.69) is 40.1 Å². The van der Waals surface area contributed by atoms with Crippen LogP contribution in [0.4, 0.5) is 0 Å². The Morgan fingerprint density at radius 3 is 2.44 bits per heavy atom. The number of fused-ring (bicyclic) bond motifs is 1. The molecule has 0 aliphatic carbocycles. The summed E-state index contributed by atoms with van der Waals surface area (Å²) < 4.78 is 19.3. The van der Waals surface area contributed by atoms with Gasteiger partial charge in [-0.25, -0.2) is 6.57 Å². The number of aliphatic hydroxyl groups is 3. The van der Waals surface area contributed by atoms with Crippen molar-refractivity contribution in [3.05, 3.63) is 23.6 Å². The lowest BCUT2D eigenvalue weighted by molar-refractivity contribution is -0.153. The number of nitriles is 1. The van der Waals surface area contributed by atoms with Crippen LogP contribution in [0.5, 0.6) is 0 Å². The highest BCUT2D eigenvalue weighted by molar-refractivity contribution is 14.1. The largest absolute Gasteiger partial charge is 0.396 e. The molecule has 0 aromatic rings. The molecule has 0 saturated carbocycles. The highest BCUT2D eigenvalue weighted by Crippen LogP contribution is 2.44. The molecule has 39 heavy (non-hydrogen) atoms. The molecule has 3 heterocycles. The second kappa shape index (κ2) is 17.9. The minimum absolute atomic E-state index is 0.0238. The monoisotopic (exact) mass is 660 g/mol. The Bertz CT molecular complexity index is 816. The Labute approximate surface area is 249 Å². The Morgan fingerprint density at radius 1 is 1.13 bits per heavy atom. The first kappa shape index (κ1) is 34.4. The molecule has 3 saturated heterocycles. The van der Waals surface area contributed by atoms with Gasteiger partial charge in [0.05, 0.1) is 42.7 Å². The predicted molar refractivity (Wildman–Crippen MR) is 159 cm³/mol. The molecule has 3 aliphatic heterocycles. The summed E-state index contributed by atoms with van der Waals surface area (Å²) in [5.74, 6) is -0.111. The molecule has 9 atom stereocenters. The molecule has 0 spiro atoms. The number of aliphatic hydroxyl groups excluding tert-OH is 3. The lowest BCUT2D eigenvalue weighted by Gasteiger charge is -2.41. The van der Waals surface area contributed by atoms with Crippen molar-refractivity contribution in [3.8, 4) is 6.07 Å². The van der Waals surface area contributed by atoms with Crippen LogP contribution in [0.15, 0.2) is 12.2 Å². The molecule has 3 fully saturated rings. The van der Waals surface area contributed by atoms with Gasteiger partial charge in [0.25, 0.3) is 0 Å². The van der Waals surface area contributed by atoms with E-state index in [1.54, 1.807) is 0 Å². The van der Waals surface area contributed by atoms with Crippen molar-refractivity contribution in [1.29, 1.82) is 5.26 Å². The van der Waals surface area contributed by atoms with E-state index in [1.807, 2.05) is 13.8 Å².